The molecule has 1 heterocycles. The minimum absolute atomic E-state index is 0.209. The SMILES string of the molecule is CC(C)NCc1sccc1S(=O)(=O)N(C)C1CC1. The van der Waals surface area contributed by atoms with Crippen LogP contribution in [0.2, 0.25) is 0 Å². The predicted molar refractivity (Wildman–Crippen MR) is 74.3 cm³/mol. The molecule has 1 aliphatic rings. The molecule has 4 nitrogen and oxygen atoms in total. The molecule has 102 valence electrons. The van der Waals surface area contributed by atoms with Crippen LogP contribution in [0.25, 0.3) is 0 Å². The van der Waals surface area contributed by atoms with Gasteiger partial charge in [-0.1, -0.05) is 13.8 Å². The molecule has 1 aromatic rings. The Bertz CT molecular complexity index is 504. The fraction of sp³-hybridized carbons (Fsp3) is 0.667. The standard InChI is InChI=1S/C12H20N2O2S2/c1-9(2)13-8-11-12(6-7-17-11)18(15,16)14(3)10-4-5-10/h6-7,9-10,13H,4-5,8H2,1-3H3. The second-order valence-corrected chi connectivity index (χ2v) is 7.96. The Morgan fingerprint density at radius 1 is 1.50 bits per heavy atom. The number of hydrogen-bond donors (Lipinski definition) is 1. The van der Waals surface area contributed by atoms with E-state index in [0.717, 1.165) is 17.7 Å². The maximum absolute atomic E-state index is 12.4. The molecule has 0 saturated heterocycles. The van der Waals surface area contributed by atoms with Crippen molar-refractivity contribution in [1.82, 2.24) is 9.62 Å². The van der Waals surface area contributed by atoms with Gasteiger partial charge in [-0.05, 0) is 24.3 Å². The number of hydrogen-bond acceptors (Lipinski definition) is 4. The number of nitrogens with one attached hydrogen (secondary N) is 1. The van der Waals surface area contributed by atoms with E-state index in [2.05, 4.69) is 19.2 Å². The molecule has 0 spiro atoms. The van der Waals surface area contributed by atoms with Gasteiger partial charge in [0.05, 0.1) is 4.90 Å². The number of thiophene rings is 1. The highest BCUT2D eigenvalue weighted by molar-refractivity contribution is 7.89. The average Bonchev–Trinajstić information content (AvgIpc) is 3.03. The summed E-state index contributed by atoms with van der Waals surface area (Å²) in [7, 11) is -1.62. The van der Waals surface area contributed by atoms with Gasteiger partial charge >= 0.3 is 0 Å². The van der Waals surface area contributed by atoms with Gasteiger partial charge in [0.2, 0.25) is 10.0 Å². The summed E-state index contributed by atoms with van der Waals surface area (Å²) in [4.78, 5) is 1.37. The van der Waals surface area contributed by atoms with Crippen LogP contribution < -0.4 is 5.32 Å². The second-order valence-electron chi connectivity index (χ2n) is 5.00. The summed E-state index contributed by atoms with van der Waals surface area (Å²) in [5.41, 5.74) is 0. The van der Waals surface area contributed by atoms with E-state index in [0.29, 0.717) is 17.5 Å². The molecule has 0 bridgehead atoms. The van der Waals surface area contributed by atoms with Crippen LogP contribution >= 0.6 is 11.3 Å². The Balaban J connectivity index is 2.19. The molecule has 1 fully saturated rings. The molecule has 0 aliphatic heterocycles. The first-order valence-corrected chi connectivity index (χ1v) is 8.52. The van der Waals surface area contributed by atoms with Crippen molar-refractivity contribution in [3.63, 3.8) is 0 Å². The van der Waals surface area contributed by atoms with E-state index in [1.54, 1.807) is 13.1 Å². The first-order chi connectivity index (χ1) is 8.43. The Labute approximate surface area is 113 Å². The molecular formula is C12H20N2O2S2. The summed E-state index contributed by atoms with van der Waals surface area (Å²) in [6, 6.07) is 2.28. The van der Waals surface area contributed by atoms with Crippen LogP contribution in [0.3, 0.4) is 0 Å². The average molecular weight is 288 g/mol. The van der Waals surface area contributed by atoms with Gasteiger partial charge in [0.1, 0.15) is 0 Å². The Hall–Kier alpha value is -0.430. The van der Waals surface area contributed by atoms with Crippen LogP contribution in [0.15, 0.2) is 16.3 Å². The van der Waals surface area contributed by atoms with Crippen molar-refractivity contribution in [2.75, 3.05) is 7.05 Å². The molecule has 0 unspecified atom stereocenters. The van der Waals surface area contributed by atoms with Crippen molar-refractivity contribution in [1.29, 1.82) is 0 Å². The fourth-order valence-electron chi connectivity index (χ4n) is 1.77. The van der Waals surface area contributed by atoms with E-state index in [1.165, 1.54) is 15.6 Å². The molecule has 1 aromatic heterocycles. The quantitative estimate of drug-likeness (QED) is 0.871. The Morgan fingerprint density at radius 2 is 2.17 bits per heavy atom. The molecule has 1 aliphatic carbocycles. The molecular weight excluding hydrogens is 268 g/mol. The molecule has 18 heavy (non-hydrogen) atoms. The zero-order valence-electron chi connectivity index (χ0n) is 11.0. The van der Waals surface area contributed by atoms with Crippen molar-refractivity contribution < 1.29 is 8.42 Å². The third-order valence-electron chi connectivity index (χ3n) is 3.09. The van der Waals surface area contributed by atoms with Crippen LogP contribution in [0, 0.1) is 0 Å². The lowest BCUT2D eigenvalue weighted by atomic mass is 10.4. The molecule has 0 aromatic carbocycles. The number of nitrogens with zero attached hydrogens (tertiary/aromatic N) is 1. The van der Waals surface area contributed by atoms with Gasteiger partial charge in [0.25, 0.3) is 0 Å². The summed E-state index contributed by atoms with van der Waals surface area (Å²) >= 11 is 1.50. The van der Waals surface area contributed by atoms with E-state index in [1.807, 2.05) is 5.38 Å². The highest BCUT2D eigenvalue weighted by atomic mass is 32.2. The van der Waals surface area contributed by atoms with E-state index in [-0.39, 0.29) is 6.04 Å². The van der Waals surface area contributed by atoms with Crippen molar-refractivity contribution in [3.05, 3.63) is 16.3 Å². The molecule has 0 atom stereocenters. The van der Waals surface area contributed by atoms with Gasteiger partial charge < -0.3 is 5.32 Å². The van der Waals surface area contributed by atoms with Crippen LogP contribution in [-0.4, -0.2) is 31.9 Å². The van der Waals surface area contributed by atoms with Crippen molar-refractivity contribution in [2.24, 2.45) is 0 Å². The molecule has 0 amide bonds. The largest absolute Gasteiger partial charge is 0.310 e. The topological polar surface area (TPSA) is 49.4 Å². The third kappa shape index (κ3) is 2.93. The Morgan fingerprint density at radius 3 is 2.72 bits per heavy atom. The lowest BCUT2D eigenvalue weighted by Gasteiger charge is -2.17. The monoisotopic (exact) mass is 288 g/mol. The van der Waals surface area contributed by atoms with Crippen molar-refractivity contribution in [3.8, 4) is 0 Å². The van der Waals surface area contributed by atoms with Gasteiger partial charge in [-0.15, -0.1) is 11.3 Å². The highest BCUT2D eigenvalue weighted by Gasteiger charge is 2.36. The van der Waals surface area contributed by atoms with Gasteiger partial charge in [0, 0.05) is 30.6 Å². The zero-order chi connectivity index (χ0) is 13.3. The lowest BCUT2D eigenvalue weighted by Crippen LogP contribution is -2.30. The highest BCUT2D eigenvalue weighted by Crippen LogP contribution is 2.32. The molecule has 2 rings (SSSR count). The van der Waals surface area contributed by atoms with Crippen LogP contribution in [0.1, 0.15) is 31.6 Å². The molecule has 1 saturated carbocycles. The summed E-state index contributed by atoms with van der Waals surface area (Å²) in [6.45, 7) is 4.72. The minimum Gasteiger partial charge on any atom is -0.310 e. The Kier molecular flexibility index (Phi) is 4.11. The van der Waals surface area contributed by atoms with Crippen molar-refractivity contribution >= 4 is 21.4 Å². The van der Waals surface area contributed by atoms with Gasteiger partial charge in [0.15, 0.2) is 0 Å². The first-order valence-electron chi connectivity index (χ1n) is 6.20. The van der Waals surface area contributed by atoms with E-state index >= 15 is 0 Å². The minimum atomic E-state index is -3.31. The lowest BCUT2D eigenvalue weighted by molar-refractivity contribution is 0.463. The van der Waals surface area contributed by atoms with Crippen LogP contribution in [0.4, 0.5) is 0 Å². The van der Waals surface area contributed by atoms with E-state index in [4.69, 9.17) is 0 Å². The summed E-state index contributed by atoms with van der Waals surface area (Å²) in [6.07, 6.45) is 1.97. The fourth-order valence-corrected chi connectivity index (χ4v) is 4.55. The van der Waals surface area contributed by atoms with Gasteiger partial charge in [-0.25, -0.2) is 8.42 Å². The van der Waals surface area contributed by atoms with E-state index in [9.17, 15) is 8.42 Å². The number of sulfonamides is 1. The molecule has 0 radical (unpaired) electrons. The van der Waals surface area contributed by atoms with Crippen LogP contribution in [-0.2, 0) is 16.6 Å². The van der Waals surface area contributed by atoms with Gasteiger partial charge in [-0.2, -0.15) is 4.31 Å². The zero-order valence-corrected chi connectivity index (χ0v) is 12.6. The molecule has 6 heteroatoms. The maximum atomic E-state index is 12.4. The van der Waals surface area contributed by atoms with Crippen molar-refractivity contribution in [2.45, 2.75) is 50.2 Å². The smallest absolute Gasteiger partial charge is 0.244 e. The summed E-state index contributed by atoms with van der Waals surface area (Å²) in [5.74, 6) is 0. The normalized spacial score (nSPS) is 16.7. The van der Waals surface area contributed by atoms with Gasteiger partial charge in [-0.3, -0.25) is 0 Å². The molecule has 1 N–H and O–H groups in total. The van der Waals surface area contributed by atoms with E-state index < -0.39 is 10.0 Å². The maximum Gasteiger partial charge on any atom is 0.244 e. The van der Waals surface area contributed by atoms with Crippen LogP contribution in [0.5, 0.6) is 0 Å². The summed E-state index contributed by atoms with van der Waals surface area (Å²) in [5, 5.41) is 5.12. The third-order valence-corrected chi connectivity index (χ3v) is 6.14. The predicted octanol–water partition coefficient (Wildman–Crippen LogP) is 2.03. The first kappa shape index (κ1) is 14.0. The number of rotatable bonds is 6. The summed E-state index contributed by atoms with van der Waals surface area (Å²) < 4.78 is 26.4. The second kappa shape index (κ2) is 5.28.